The third kappa shape index (κ3) is 9.45. The average molecular weight is 860 g/mol. The number of nitrogens with two attached hydrogens (primary N) is 1. The number of carbonyl (C=O) groups excluding carboxylic acids is 4. The van der Waals surface area contributed by atoms with Gasteiger partial charge < -0.3 is 15.0 Å². The number of alkyl halides is 3. The second-order valence-corrected chi connectivity index (χ2v) is 16.1. The van der Waals surface area contributed by atoms with E-state index in [0.29, 0.717) is 22.4 Å². The average Bonchev–Trinajstić information content (AvgIpc) is 3.64. The third-order valence-electron chi connectivity index (χ3n) is 9.39. The first-order valence-corrected chi connectivity index (χ1v) is 20.1. The van der Waals surface area contributed by atoms with Gasteiger partial charge in [-0.15, -0.1) is 21.5 Å². The number of piperidine rings is 1. The summed E-state index contributed by atoms with van der Waals surface area (Å²) >= 11 is 7.81. The largest absolute Gasteiger partial charge is 0.491 e. The first-order valence-electron chi connectivity index (χ1n) is 17.4. The molecule has 0 saturated carbocycles. The van der Waals surface area contributed by atoms with Gasteiger partial charge in [-0.1, -0.05) is 35.6 Å². The second kappa shape index (κ2) is 16.8. The standard InChI is InChI=1S/C37H33ClF3N7O8S2/c1-19-20(2)57-34-30(19)31(22-6-8-25(38)9-7-22)44-28(32-46-45-21(3)48(32)34)18-29(49)47-14-12-23(13-15-47)33(50)43-26-10-11-27(35(51)56-36(52)37(39,40)41)24(17-26)5-4-16-55-58(42,53)54/h6-11,17,23,28H,12-16,18H2,1-3H3,(H,43,50)(H2,42,53,54)/t28-/m0/s1. The Kier molecular flexibility index (Phi) is 12.2. The number of likely N-dealkylation sites (tertiary alicyclic amines) is 1. The van der Waals surface area contributed by atoms with Crippen LogP contribution in [0.1, 0.15) is 74.4 Å². The lowest BCUT2D eigenvalue weighted by atomic mass is 9.95. The van der Waals surface area contributed by atoms with E-state index in [1.807, 2.05) is 37.5 Å². The highest BCUT2D eigenvalue weighted by Gasteiger charge is 2.43. The molecule has 0 aliphatic carbocycles. The van der Waals surface area contributed by atoms with E-state index in [-0.39, 0.29) is 49.5 Å². The van der Waals surface area contributed by atoms with Crippen LogP contribution in [0, 0.1) is 38.5 Å². The van der Waals surface area contributed by atoms with E-state index in [1.54, 1.807) is 28.4 Å². The Morgan fingerprint density at radius 3 is 2.40 bits per heavy atom. The van der Waals surface area contributed by atoms with Gasteiger partial charge in [0.2, 0.25) is 11.8 Å². The molecule has 0 radical (unpaired) electrons. The minimum atomic E-state index is -5.46. The molecule has 1 saturated heterocycles. The summed E-state index contributed by atoms with van der Waals surface area (Å²) in [5, 5.41) is 17.7. The van der Waals surface area contributed by atoms with E-state index in [9.17, 15) is 40.8 Å². The predicted octanol–water partition coefficient (Wildman–Crippen LogP) is 4.88. The van der Waals surface area contributed by atoms with Crippen LogP contribution >= 0.6 is 22.9 Å². The summed E-state index contributed by atoms with van der Waals surface area (Å²) in [4.78, 5) is 58.9. The first kappa shape index (κ1) is 42.2. The van der Waals surface area contributed by atoms with E-state index >= 15 is 0 Å². The number of aliphatic imine (C=N–C) groups is 1. The molecular weight excluding hydrogens is 827 g/mol. The van der Waals surface area contributed by atoms with Crippen molar-refractivity contribution in [1.82, 2.24) is 19.7 Å². The molecule has 2 aromatic heterocycles. The van der Waals surface area contributed by atoms with Crippen LogP contribution in [0.2, 0.25) is 5.02 Å². The number of ether oxygens (including phenoxy) is 1. The zero-order valence-electron chi connectivity index (χ0n) is 30.8. The number of esters is 2. The number of nitrogens with zero attached hydrogens (tertiary/aromatic N) is 5. The van der Waals surface area contributed by atoms with E-state index in [2.05, 4.69) is 36.3 Å². The fourth-order valence-corrected chi connectivity index (χ4v) is 7.97. The molecule has 58 heavy (non-hydrogen) atoms. The Labute approximate surface area is 338 Å². The topological polar surface area (TPSA) is 205 Å². The van der Waals surface area contributed by atoms with Gasteiger partial charge in [-0.2, -0.15) is 21.6 Å². The van der Waals surface area contributed by atoms with Gasteiger partial charge in [0.25, 0.3) is 0 Å². The van der Waals surface area contributed by atoms with Gasteiger partial charge in [-0.3, -0.25) is 19.1 Å². The van der Waals surface area contributed by atoms with Gasteiger partial charge in [0, 0.05) is 51.3 Å². The van der Waals surface area contributed by atoms with Crippen molar-refractivity contribution in [2.75, 3.05) is 25.0 Å². The lowest BCUT2D eigenvalue weighted by Crippen LogP contribution is -2.41. The molecule has 304 valence electrons. The van der Waals surface area contributed by atoms with Crippen LogP contribution in [0.4, 0.5) is 18.9 Å². The number of carbonyl (C=O) groups is 4. The lowest BCUT2D eigenvalue weighted by molar-refractivity contribution is -0.193. The van der Waals surface area contributed by atoms with Crippen LogP contribution in [0.25, 0.3) is 5.00 Å². The summed E-state index contributed by atoms with van der Waals surface area (Å²) in [6.07, 6.45) is -4.91. The zero-order chi connectivity index (χ0) is 42.1. The molecule has 2 amide bonds. The maximum atomic E-state index is 13.9. The molecule has 4 aromatic rings. The number of anilines is 1. The molecule has 15 nitrogen and oxygen atoms in total. The molecule has 0 unspecified atom stereocenters. The number of benzene rings is 2. The van der Waals surface area contributed by atoms with Gasteiger partial charge in [-0.25, -0.2) is 18.9 Å². The molecule has 1 fully saturated rings. The van der Waals surface area contributed by atoms with E-state index in [4.69, 9.17) is 21.7 Å². The lowest BCUT2D eigenvalue weighted by Gasteiger charge is -2.32. The second-order valence-electron chi connectivity index (χ2n) is 13.2. The van der Waals surface area contributed by atoms with Crippen molar-refractivity contribution in [2.45, 2.75) is 52.3 Å². The number of hydrogen-bond acceptors (Lipinski definition) is 12. The minimum Gasteiger partial charge on any atom is -0.383 e. The summed E-state index contributed by atoms with van der Waals surface area (Å²) in [6, 6.07) is 9.94. The molecule has 4 heterocycles. The normalized spacial score (nSPS) is 15.6. The van der Waals surface area contributed by atoms with Crippen molar-refractivity contribution < 1.29 is 49.7 Å². The monoisotopic (exact) mass is 859 g/mol. The highest BCUT2D eigenvalue weighted by Crippen LogP contribution is 2.40. The number of halogens is 4. The Morgan fingerprint density at radius 1 is 1.05 bits per heavy atom. The molecule has 6 rings (SSSR count). The summed E-state index contributed by atoms with van der Waals surface area (Å²) in [5.41, 5.74) is 2.68. The maximum absolute atomic E-state index is 13.9. The van der Waals surface area contributed by atoms with Crippen molar-refractivity contribution in [1.29, 1.82) is 0 Å². The van der Waals surface area contributed by atoms with Gasteiger partial charge in [-0.05, 0) is 69.5 Å². The van der Waals surface area contributed by atoms with Crippen LogP contribution in [-0.2, 0) is 33.6 Å². The predicted molar refractivity (Wildman–Crippen MR) is 205 cm³/mol. The summed E-state index contributed by atoms with van der Waals surface area (Å²) in [6.45, 7) is 5.61. The van der Waals surface area contributed by atoms with Crippen molar-refractivity contribution >= 4 is 68.4 Å². The Morgan fingerprint density at radius 2 is 1.74 bits per heavy atom. The maximum Gasteiger partial charge on any atom is 0.491 e. The highest BCUT2D eigenvalue weighted by atomic mass is 35.5. The summed E-state index contributed by atoms with van der Waals surface area (Å²) in [7, 11) is -4.39. The van der Waals surface area contributed by atoms with Crippen molar-refractivity contribution in [2.24, 2.45) is 16.0 Å². The number of aromatic nitrogens is 3. The number of fused-ring (bicyclic) bond motifs is 3. The summed E-state index contributed by atoms with van der Waals surface area (Å²) < 4.78 is 70.5. The Balaban J connectivity index is 1.16. The van der Waals surface area contributed by atoms with E-state index < -0.39 is 58.5 Å². The van der Waals surface area contributed by atoms with Crippen LogP contribution in [0.15, 0.2) is 47.5 Å². The van der Waals surface area contributed by atoms with Crippen LogP contribution in [0.5, 0.6) is 0 Å². The van der Waals surface area contributed by atoms with Crippen molar-refractivity contribution in [3.63, 3.8) is 0 Å². The molecule has 2 aliphatic rings. The fraction of sp³-hybridized carbons (Fsp3) is 0.324. The Bertz CT molecular complexity index is 2520. The number of thiophene rings is 1. The number of hydrogen-bond donors (Lipinski definition) is 2. The van der Waals surface area contributed by atoms with Gasteiger partial charge >= 0.3 is 28.4 Å². The molecule has 2 aliphatic heterocycles. The molecule has 2 aromatic carbocycles. The fourth-order valence-electron chi connectivity index (χ4n) is 6.41. The first-order chi connectivity index (χ1) is 27.3. The number of amides is 2. The highest BCUT2D eigenvalue weighted by molar-refractivity contribution is 7.84. The number of nitrogens with one attached hydrogen (secondary N) is 1. The molecule has 0 bridgehead atoms. The molecule has 1 atom stereocenters. The number of rotatable bonds is 8. The van der Waals surface area contributed by atoms with Crippen LogP contribution < -0.4 is 10.5 Å². The van der Waals surface area contributed by atoms with Gasteiger partial charge in [0.15, 0.2) is 5.82 Å². The van der Waals surface area contributed by atoms with Gasteiger partial charge in [0.1, 0.15) is 23.5 Å². The van der Waals surface area contributed by atoms with Crippen molar-refractivity contribution in [3.8, 4) is 16.8 Å². The SMILES string of the molecule is Cc1sc2c(c1C)C(c1ccc(Cl)cc1)=N[C@@H](CC(=O)N1CCC(C(=O)Nc3ccc(C(=O)OC(=O)C(F)(F)F)c(C#CCOS(N)(=O)=O)c3)CC1)c1nnc(C)n1-2. The zero-order valence-corrected chi connectivity index (χ0v) is 33.2. The van der Waals surface area contributed by atoms with Gasteiger partial charge in [0.05, 0.1) is 17.7 Å². The molecule has 0 spiro atoms. The Hall–Kier alpha value is -5.46. The molecule has 21 heteroatoms. The quantitative estimate of drug-likeness (QED) is 0.140. The van der Waals surface area contributed by atoms with E-state index in [0.717, 1.165) is 38.7 Å². The molecular formula is C37H33ClF3N7O8S2. The van der Waals surface area contributed by atoms with E-state index in [1.165, 1.54) is 6.07 Å². The molecule has 3 N–H and O–H groups in total. The van der Waals surface area contributed by atoms with Crippen molar-refractivity contribution in [3.05, 3.63) is 91.8 Å². The summed E-state index contributed by atoms with van der Waals surface area (Å²) in [5.74, 6) is 0.0987. The minimum absolute atomic E-state index is 0.0194. The smallest absolute Gasteiger partial charge is 0.383 e. The third-order valence-corrected chi connectivity index (χ3v) is 11.3. The number of aryl methyl sites for hydroxylation is 2. The van der Waals surface area contributed by atoms with Crippen LogP contribution in [-0.4, -0.2) is 83.4 Å². The van der Waals surface area contributed by atoms with Crippen LogP contribution in [0.3, 0.4) is 0 Å².